The first-order valence-electron chi connectivity index (χ1n) is 6.56. The summed E-state index contributed by atoms with van der Waals surface area (Å²) in [5, 5.41) is 15.7. The number of morpholine rings is 1. The molecule has 2 rings (SSSR count). The second kappa shape index (κ2) is 8.92. The van der Waals surface area contributed by atoms with Crippen molar-refractivity contribution >= 4 is 18.3 Å². The fourth-order valence-corrected chi connectivity index (χ4v) is 2.03. The highest BCUT2D eigenvalue weighted by molar-refractivity contribution is 5.85. The third-order valence-electron chi connectivity index (χ3n) is 3.06. The Kier molecular flexibility index (Phi) is 7.54. The lowest BCUT2D eigenvalue weighted by Crippen LogP contribution is -2.52. The molecular formula is C14H21ClN2O3. The fraction of sp³-hybridized carbons (Fsp3) is 0.500. The SMILES string of the molecule is Cl.O=C(NCC(O)Cc1ccccc1)C1COCCN1. The molecule has 1 saturated heterocycles. The molecule has 20 heavy (non-hydrogen) atoms. The molecule has 5 nitrogen and oxygen atoms in total. The van der Waals surface area contributed by atoms with Crippen LogP contribution in [0.2, 0.25) is 0 Å². The van der Waals surface area contributed by atoms with E-state index < -0.39 is 6.10 Å². The van der Waals surface area contributed by atoms with Gasteiger partial charge in [-0.1, -0.05) is 30.3 Å². The summed E-state index contributed by atoms with van der Waals surface area (Å²) >= 11 is 0. The minimum absolute atomic E-state index is 0. The van der Waals surface area contributed by atoms with E-state index in [0.29, 0.717) is 26.2 Å². The Morgan fingerprint density at radius 2 is 2.20 bits per heavy atom. The molecule has 1 heterocycles. The summed E-state index contributed by atoms with van der Waals surface area (Å²) in [6, 6.07) is 9.42. The predicted molar refractivity (Wildman–Crippen MR) is 79.0 cm³/mol. The predicted octanol–water partition coefficient (Wildman–Crippen LogP) is 0.116. The van der Waals surface area contributed by atoms with Gasteiger partial charge in [0.2, 0.25) is 5.91 Å². The molecule has 1 aliphatic heterocycles. The van der Waals surface area contributed by atoms with E-state index in [1.165, 1.54) is 0 Å². The number of carbonyl (C=O) groups excluding carboxylic acids is 1. The highest BCUT2D eigenvalue weighted by Gasteiger charge is 2.21. The number of hydrogen-bond donors (Lipinski definition) is 3. The second-order valence-corrected chi connectivity index (χ2v) is 4.67. The van der Waals surface area contributed by atoms with Crippen LogP contribution in [0, 0.1) is 0 Å². The molecule has 1 amide bonds. The maximum atomic E-state index is 11.8. The molecule has 6 heteroatoms. The minimum Gasteiger partial charge on any atom is -0.391 e. The molecule has 2 unspecified atom stereocenters. The zero-order valence-corrected chi connectivity index (χ0v) is 12.1. The van der Waals surface area contributed by atoms with Crippen LogP contribution < -0.4 is 10.6 Å². The molecular weight excluding hydrogens is 280 g/mol. The van der Waals surface area contributed by atoms with E-state index in [1.807, 2.05) is 30.3 Å². The zero-order valence-electron chi connectivity index (χ0n) is 11.2. The number of halogens is 1. The van der Waals surface area contributed by atoms with Gasteiger partial charge >= 0.3 is 0 Å². The van der Waals surface area contributed by atoms with Gasteiger partial charge in [-0.2, -0.15) is 0 Å². The molecule has 1 fully saturated rings. The Morgan fingerprint density at radius 1 is 1.45 bits per heavy atom. The largest absolute Gasteiger partial charge is 0.391 e. The molecule has 2 atom stereocenters. The van der Waals surface area contributed by atoms with Gasteiger partial charge in [-0.05, 0) is 5.56 Å². The van der Waals surface area contributed by atoms with Gasteiger partial charge in [0.15, 0.2) is 0 Å². The Hall–Kier alpha value is -1.14. The Bertz CT molecular complexity index is 397. The summed E-state index contributed by atoms with van der Waals surface area (Å²) in [5.74, 6) is -0.119. The average molecular weight is 301 g/mol. The van der Waals surface area contributed by atoms with Gasteiger partial charge in [-0.25, -0.2) is 0 Å². The quantitative estimate of drug-likeness (QED) is 0.722. The topological polar surface area (TPSA) is 70.6 Å². The molecule has 0 spiro atoms. The lowest BCUT2D eigenvalue weighted by Gasteiger charge is -2.23. The number of benzene rings is 1. The maximum Gasteiger partial charge on any atom is 0.239 e. The molecule has 0 aliphatic carbocycles. The standard InChI is InChI=1S/C14H20N2O3.ClH/c17-12(8-11-4-2-1-3-5-11)9-16-14(18)13-10-19-7-6-15-13;/h1-5,12-13,15,17H,6-10H2,(H,16,18);1H. The van der Waals surface area contributed by atoms with Crippen molar-refractivity contribution in [1.29, 1.82) is 0 Å². The maximum absolute atomic E-state index is 11.8. The average Bonchev–Trinajstić information content (AvgIpc) is 2.47. The van der Waals surface area contributed by atoms with Crippen LogP contribution in [0.4, 0.5) is 0 Å². The van der Waals surface area contributed by atoms with Crippen LogP contribution in [-0.4, -0.2) is 49.5 Å². The molecule has 112 valence electrons. The van der Waals surface area contributed by atoms with Gasteiger partial charge in [-0.15, -0.1) is 12.4 Å². The summed E-state index contributed by atoms with van der Waals surface area (Å²) < 4.78 is 5.22. The molecule has 1 aromatic rings. The van der Waals surface area contributed by atoms with E-state index in [0.717, 1.165) is 5.56 Å². The summed E-state index contributed by atoms with van der Waals surface area (Å²) in [5.41, 5.74) is 1.06. The number of aliphatic hydroxyl groups excluding tert-OH is 1. The van der Waals surface area contributed by atoms with Crippen LogP contribution in [-0.2, 0) is 16.0 Å². The van der Waals surface area contributed by atoms with Crippen molar-refractivity contribution in [3.63, 3.8) is 0 Å². The number of hydrogen-bond acceptors (Lipinski definition) is 4. The first kappa shape index (κ1) is 16.9. The van der Waals surface area contributed by atoms with E-state index >= 15 is 0 Å². The van der Waals surface area contributed by atoms with Crippen molar-refractivity contribution < 1.29 is 14.6 Å². The van der Waals surface area contributed by atoms with E-state index in [2.05, 4.69) is 10.6 Å². The van der Waals surface area contributed by atoms with Crippen molar-refractivity contribution in [2.24, 2.45) is 0 Å². The van der Waals surface area contributed by atoms with Gasteiger partial charge in [0.05, 0.1) is 19.3 Å². The lowest BCUT2D eigenvalue weighted by atomic mass is 10.1. The molecule has 1 aromatic carbocycles. The van der Waals surface area contributed by atoms with Crippen molar-refractivity contribution in [2.75, 3.05) is 26.3 Å². The summed E-state index contributed by atoms with van der Waals surface area (Å²) in [6.45, 7) is 1.97. The molecule has 0 bridgehead atoms. The van der Waals surface area contributed by atoms with Crippen LogP contribution in [0.15, 0.2) is 30.3 Å². The number of nitrogens with one attached hydrogen (secondary N) is 2. The van der Waals surface area contributed by atoms with Crippen LogP contribution in [0.5, 0.6) is 0 Å². The number of amides is 1. The number of ether oxygens (including phenoxy) is 1. The van der Waals surface area contributed by atoms with Crippen LogP contribution in [0.1, 0.15) is 5.56 Å². The van der Waals surface area contributed by atoms with Crippen LogP contribution in [0.3, 0.4) is 0 Å². The number of carbonyl (C=O) groups is 1. The Balaban J connectivity index is 0.00000200. The normalized spacial score (nSPS) is 19.8. The smallest absolute Gasteiger partial charge is 0.239 e. The minimum atomic E-state index is -0.573. The number of aliphatic hydroxyl groups is 1. The molecule has 0 radical (unpaired) electrons. The number of rotatable bonds is 5. The molecule has 1 aliphatic rings. The van der Waals surface area contributed by atoms with E-state index in [-0.39, 0.29) is 30.9 Å². The van der Waals surface area contributed by atoms with Crippen molar-refractivity contribution in [2.45, 2.75) is 18.6 Å². The van der Waals surface area contributed by atoms with E-state index in [4.69, 9.17) is 4.74 Å². The van der Waals surface area contributed by atoms with Gasteiger partial charge < -0.3 is 20.5 Å². The monoisotopic (exact) mass is 300 g/mol. The molecule has 0 aromatic heterocycles. The Morgan fingerprint density at radius 3 is 2.85 bits per heavy atom. The van der Waals surface area contributed by atoms with Crippen molar-refractivity contribution in [3.05, 3.63) is 35.9 Å². The highest BCUT2D eigenvalue weighted by atomic mass is 35.5. The first-order chi connectivity index (χ1) is 9.25. The van der Waals surface area contributed by atoms with Crippen LogP contribution in [0.25, 0.3) is 0 Å². The van der Waals surface area contributed by atoms with Crippen LogP contribution >= 0.6 is 12.4 Å². The van der Waals surface area contributed by atoms with Gasteiger partial charge in [0, 0.05) is 19.5 Å². The molecule has 3 N–H and O–H groups in total. The van der Waals surface area contributed by atoms with Crippen molar-refractivity contribution in [3.8, 4) is 0 Å². The molecule has 0 saturated carbocycles. The van der Waals surface area contributed by atoms with E-state index in [9.17, 15) is 9.90 Å². The Labute approximate surface area is 125 Å². The third kappa shape index (κ3) is 5.46. The third-order valence-corrected chi connectivity index (χ3v) is 3.06. The second-order valence-electron chi connectivity index (χ2n) is 4.67. The lowest BCUT2D eigenvalue weighted by molar-refractivity contribution is -0.126. The van der Waals surface area contributed by atoms with Crippen molar-refractivity contribution in [1.82, 2.24) is 10.6 Å². The first-order valence-corrected chi connectivity index (χ1v) is 6.56. The van der Waals surface area contributed by atoms with Gasteiger partial charge in [-0.3, -0.25) is 4.79 Å². The summed E-state index contributed by atoms with van der Waals surface area (Å²) in [6.07, 6.45) is -0.0359. The summed E-state index contributed by atoms with van der Waals surface area (Å²) in [7, 11) is 0. The van der Waals surface area contributed by atoms with Gasteiger partial charge in [0.25, 0.3) is 0 Å². The summed E-state index contributed by atoms with van der Waals surface area (Å²) in [4.78, 5) is 11.8. The highest BCUT2D eigenvalue weighted by Crippen LogP contribution is 2.02. The van der Waals surface area contributed by atoms with E-state index in [1.54, 1.807) is 0 Å². The van der Waals surface area contributed by atoms with Gasteiger partial charge in [0.1, 0.15) is 6.04 Å². The fourth-order valence-electron chi connectivity index (χ4n) is 2.03. The zero-order chi connectivity index (χ0) is 13.5.